The molecule has 1 aliphatic heterocycles. The molecule has 0 fully saturated rings. The summed E-state index contributed by atoms with van der Waals surface area (Å²) in [5.41, 5.74) is 0.607. The van der Waals surface area contributed by atoms with Crippen LogP contribution in [0, 0.1) is 0 Å². The molecule has 90 valence electrons. The van der Waals surface area contributed by atoms with Crippen molar-refractivity contribution in [3.8, 4) is 0 Å². The van der Waals surface area contributed by atoms with Crippen molar-refractivity contribution in [2.24, 2.45) is 10.2 Å². The SMILES string of the molecule is CC(=O)NC1(S(=O)(=O)Cl)N=Nc2ccccc21. The van der Waals surface area contributed by atoms with Gasteiger partial charge < -0.3 is 5.32 Å². The van der Waals surface area contributed by atoms with Gasteiger partial charge in [0.15, 0.2) is 0 Å². The Morgan fingerprint density at radius 2 is 2.06 bits per heavy atom. The molecule has 6 nitrogen and oxygen atoms in total. The molecular weight excluding hydrogens is 266 g/mol. The van der Waals surface area contributed by atoms with E-state index in [-0.39, 0.29) is 5.56 Å². The molecule has 0 aliphatic carbocycles. The number of nitrogens with zero attached hydrogens (tertiary/aromatic N) is 2. The van der Waals surface area contributed by atoms with E-state index in [1.54, 1.807) is 18.2 Å². The van der Waals surface area contributed by atoms with E-state index in [1.165, 1.54) is 13.0 Å². The number of fused-ring (bicyclic) bond motifs is 1. The molecule has 0 radical (unpaired) electrons. The largest absolute Gasteiger partial charge is 0.313 e. The van der Waals surface area contributed by atoms with Gasteiger partial charge in [0.05, 0.1) is 5.69 Å². The van der Waals surface area contributed by atoms with E-state index in [4.69, 9.17) is 10.7 Å². The summed E-state index contributed by atoms with van der Waals surface area (Å²) < 4.78 is 23.3. The van der Waals surface area contributed by atoms with Crippen molar-refractivity contribution in [2.75, 3.05) is 0 Å². The molecule has 2 rings (SSSR count). The second-order valence-corrected chi connectivity index (χ2v) is 6.17. The van der Waals surface area contributed by atoms with Crippen molar-refractivity contribution < 1.29 is 13.2 Å². The Kier molecular flexibility index (Phi) is 2.67. The van der Waals surface area contributed by atoms with E-state index in [2.05, 4.69) is 15.5 Å². The fraction of sp³-hybridized carbons (Fsp3) is 0.222. The molecule has 1 aliphatic rings. The molecule has 1 N–H and O–H groups in total. The Balaban J connectivity index is 2.68. The number of hydrogen-bond donors (Lipinski definition) is 1. The third kappa shape index (κ3) is 1.81. The number of amides is 1. The molecule has 0 spiro atoms. The standard InChI is InChI=1S/C9H8ClN3O3S/c1-6(14)11-9(17(10,15)16)7-4-2-3-5-8(7)12-13-9/h2-5H,1H3,(H,11,14). The highest BCUT2D eigenvalue weighted by atomic mass is 35.7. The summed E-state index contributed by atoms with van der Waals surface area (Å²) in [7, 11) is 1.18. The van der Waals surface area contributed by atoms with Gasteiger partial charge in [-0.2, -0.15) is 5.11 Å². The summed E-state index contributed by atoms with van der Waals surface area (Å²) in [5.74, 6) is -0.565. The summed E-state index contributed by atoms with van der Waals surface area (Å²) in [6.45, 7) is 1.18. The molecule has 1 heterocycles. The van der Waals surface area contributed by atoms with Crippen LogP contribution in [-0.2, 0) is 18.8 Å². The van der Waals surface area contributed by atoms with Gasteiger partial charge in [-0.1, -0.05) is 18.2 Å². The molecule has 0 bridgehead atoms. The summed E-state index contributed by atoms with van der Waals surface area (Å²) in [5, 5.41) is 9.57. The topological polar surface area (TPSA) is 88.0 Å². The monoisotopic (exact) mass is 273 g/mol. The molecule has 17 heavy (non-hydrogen) atoms. The van der Waals surface area contributed by atoms with Crippen molar-refractivity contribution >= 4 is 31.3 Å². The Bertz CT molecular complexity index is 614. The molecule has 1 aromatic carbocycles. The molecule has 1 amide bonds. The van der Waals surface area contributed by atoms with Crippen LogP contribution in [0.4, 0.5) is 5.69 Å². The van der Waals surface area contributed by atoms with E-state index in [0.29, 0.717) is 5.69 Å². The predicted octanol–water partition coefficient (Wildman–Crippen LogP) is 1.60. The minimum atomic E-state index is -4.19. The number of azo groups is 1. The number of hydrogen-bond acceptors (Lipinski definition) is 5. The lowest BCUT2D eigenvalue weighted by molar-refractivity contribution is -0.120. The van der Waals surface area contributed by atoms with Crippen LogP contribution in [0.2, 0.25) is 0 Å². The fourth-order valence-electron chi connectivity index (χ4n) is 1.60. The average Bonchev–Trinajstić information content (AvgIpc) is 2.57. The van der Waals surface area contributed by atoms with Crippen LogP contribution >= 0.6 is 10.7 Å². The third-order valence-corrected chi connectivity index (χ3v) is 4.05. The highest BCUT2D eigenvalue weighted by Gasteiger charge is 2.50. The van der Waals surface area contributed by atoms with E-state index in [1.807, 2.05) is 0 Å². The van der Waals surface area contributed by atoms with Crippen molar-refractivity contribution in [1.29, 1.82) is 0 Å². The highest BCUT2D eigenvalue weighted by Crippen LogP contribution is 2.43. The van der Waals surface area contributed by atoms with Gasteiger partial charge in [0.25, 0.3) is 14.0 Å². The van der Waals surface area contributed by atoms with Gasteiger partial charge >= 0.3 is 0 Å². The minimum absolute atomic E-state index is 0.241. The second-order valence-electron chi connectivity index (χ2n) is 3.48. The smallest absolute Gasteiger partial charge is 0.296 e. The van der Waals surface area contributed by atoms with Crippen molar-refractivity contribution in [3.63, 3.8) is 0 Å². The maximum Gasteiger partial charge on any atom is 0.296 e. The van der Waals surface area contributed by atoms with E-state index < -0.39 is 20.0 Å². The number of carbonyl (C=O) groups is 1. The minimum Gasteiger partial charge on any atom is -0.313 e. The maximum absolute atomic E-state index is 11.7. The average molecular weight is 274 g/mol. The van der Waals surface area contributed by atoms with Crippen molar-refractivity contribution in [2.45, 2.75) is 11.9 Å². The lowest BCUT2D eigenvalue weighted by Crippen LogP contribution is -2.46. The summed E-state index contributed by atoms with van der Waals surface area (Å²) in [6, 6.07) is 6.39. The number of benzene rings is 1. The van der Waals surface area contributed by atoms with E-state index in [9.17, 15) is 13.2 Å². The Hall–Kier alpha value is -1.47. The highest BCUT2D eigenvalue weighted by molar-refractivity contribution is 8.14. The summed E-state index contributed by atoms with van der Waals surface area (Å²) in [4.78, 5) is 9.11. The number of rotatable bonds is 2. The Morgan fingerprint density at radius 3 is 2.65 bits per heavy atom. The lowest BCUT2D eigenvalue weighted by Gasteiger charge is -2.22. The summed E-state index contributed by atoms with van der Waals surface area (Å²) in [6.07, 6.45) is 0. The maximum atomic E-state index is 11.7. The van der Waals surface area contributed by atoms with Gasteiger partial charge in [-0.25, -0.2) is 8.42 Å². The van der Waals surface area contributed by atoms with Crippen LogP contribution in [0.3, 0.4) is 0 Å². The first-order valence-corrected chi connectivity index (χ1v) is 6.93. The van der Waals surface area contributed by atoms with Crippen LogP contribution in [0.25, 0.3) is 0 Å². The molecule has 1 atom stereocenters. The molecule has 0 saturated carbocycles. The first-order chi connectivity index (χ1) is 7.87. The quantitative estimate of drug-likeness (QED) is 0.830. The predicted molar refractivity (Wildman–Crippen MR) is 61.2 cm³/mol. The second kappa shape index (κ2) is 3.78. The van der Waals surface area contributed by atoms with Gasteiger partial charge in [-0.3, -0.25) is 4.79 Å². The Morgan fingerprint density at radius 1 is 1.41 bits per heavy atom. The molecule has 0 saturated heterocycles. The van der Waals surface area contributed by atoms with Gasteiger partial charge in [0.2, 0.25) is 5.91 Å². The zero-order valence-corrected chi connectivity index (χ0v) is 10.3. The van der Waals surface area contributed by atoms with Crippen molar-refractivity contribution in [1.82, 2.24) is 5.32 Å². The van der Waals surface area contributed by atoms with Crippen molar-refractivity contribution in [3.05, 3.63) is 29.8 Å². The fourth-order valence-corrected chi connectivity index (χ4v) is 2.89. The van der Waals surface area contributed by atoms with E-state index >= 15 is 0 Å². The third-order valence-electron chi connectivity index (χ3n) is 2.27. The molecule has 1 aromatic rings. The molecule has 8 heteroatoms. The normalized spacial score (nSPS) is 22.2. The summed E-state index contributed by atoms with van der Waals surface area (Å²) >= 11 is 0. The van der Waals surface area contributed by atoms with Crippen LogP contribution in [0.5, 0.6) is 0 Å². The molecule has 1 unspecified atom stereocenters. The first kappa shape index (κ1) is 12.0. The number of halogens is 1. The Labute approximate surface area is 102 Å². The van der Waals surface area contributed by atoms with Gasteiger partial charge in [0, 0.05) is 23.2 Å². The number of carbonyl (C=O) groups excluding carboxylic acids is 1. The van der Waals surface area contributed by atoms with Crippen LogP contribution in [-0.4, -0.2) is 14.3 Å². The molecule has 0 aromatic heterocycles. The van der Waals surface area contributed by atoms with Gasteiger partial charge in [-0.05, 0) is 6.07 Å². The van der Waals surface area contributed by atoms with Gasteiger partial charge in [-0.15, -0.1) is 5.11 Å². The zero-order chi connectivity index (χ0) is 12.7. The lowest BCUT2D eigenvalue weighted by atomic mass is 10.1. The van der Waals surface area contributed by atoms with Crippen LogP contribution in [0.1, 0.15) is 12.5 Å². The van der Waals surface area contributed by atoms with Crippen LogP contribution in [0.15, 0.2) is 34.5 Å². The first-order valence-electron chi connectivity index (χ1n) is 4.62. The van der Waals surface area contributed by atoms with E-state index in [0.717, 1.165) is 0 Å². The molecular formula is C9H8ClN3O3S. The number of nitrogens with one attached hydrogen (secondary N) is 1. The zero-order valence-electron chi connectivity index (χ0n) is 8.71. The van der Waals surface area contributed by atoms with Gasteiger partial charge in [0.1, 0.15) is 0 Å². The van der Waals surface area contributed by atoms with Crippen LogP contribution < -0.4 is 5.32 Å².